The monoisotopic (exact) mass is 427 g/mol. The van der Waals surface area contributed by atoms with Crippen LogP contribution in [0.3, 0.4) is 0 Å². The summed E-state index contributed by atoms with van der Waals surface area (Å²) in [6.45, 7) is 5.75. The van der Waals surface area contributed by atoms with Gasteiger partial charge in [-0.25, -0.2) is 4.79 Å². The third-order valence-corrected chi connectivity index (χ3v) is 5.36. The molecular formula is C24H26ClNO4. The van der Waals surface area contributed by atoms with Gasteiger partial charge in [-0.2, -0.15) is 0 Å². The highest BCUT2D eigenvalue weighted by molar-refractivity contribution is 6.30. The van der Waals surface area contributed by atoms with Gasteiger partial charge in [0, 0.05) is 28.6 Å². The van der Waals surface area contributed by atoms with Crippen molar-refractivity contribution in [3.63, 3.8) is 0 Å². The first-order valence-corrected chi connectivity index (χ1v) is 10.3. The van der Waals surface area contributed by atoms with Crippen molar-refractivity contribution in [3.8, 4) is 5.75 Å². The molecule has 0 aliphatic carbocycles. The van der Waals surface area contributed by atoms with E-state index in [-0.39, 0.29) is 18.4 Å². The van der Waals surface area contributed by atoms with Gasteiger partial charge in [0.25, 0.3) is 0 Å². The maximum Gasteiger partial charge on any atom is 0.336 e. The van der Waals surface area contributed by atoms with E-state index in [2.05, 4.69) is 0 Å². The summed E-state index contributed by atoms with van der Waals surface area (Å²) < 4.78 is 11.0. The number of nitrogens with zero attached hydrogens (tertiary/aromatic N) is 1. The number of carbonyl (C=O) groups is 2. The number of allylic oxidation sites excluding steroid dienone is 1. The van der Waals surface area contributed by atoms with Crippen LogP contribution in [0.15, 0.2) is 59.8 Å². The summed E-state index contributed by atoms with van der Waals surface area (Å²) in [6, 6.07) is 14.8. The quantitative estimate of drug-likeness (QED) is 0.602. The molecule has 1 heterocycles. The topological polar surface area (TPSA) is 55.8 Å². The normalized spacial score (nSPS) is 16.8. The van der Waals surface area contributed by atoms with Gasteiger partial charge >= 0.3 is 5.97 Å². The Hall–Kier alpha value is -2.79. The Balaban J connectivity index is 2.07. The number of para-hydroxylation sites is 1. The maximum atomic E-state index is 13.1. The molecular weight excluding hydrogens is 402 g/mol. The Labute approximate surface area is 182 Å². The number of ether oxygens (including phenoxy) is 2. The summed E-state index contributed by atoms with van der Waals surface area (Å²) >= 11 is 6.10. The predicted molar refractivity (Wildman–Crippen MR) is 116 cm³/mol. The minimum Gasteiger partial charge on any atom is -0.496 e. The summed E-state index contributed by atoms with van der Waals surface area (Å²) in [5.41, 5.74) is 2.76. The van der Waals surface area contributed by atoms with Crippen LogP contribution in [-0.4, -0.2) is 30.0 Å². The molecule has 1 aliphatic heterocycles. The molecule has 2 aromatic carbocycles. The molecule has 0 radical (unpaired) electrons. The minimum absolute atomic E-state index is 0.0653. The highest BCUT2D eigenvalue weighted by Crippen LogP contribution is 2.41. The molecule has 1 unspecified atom stereocenters. The van der Waals surface area contributed by atoms with Gasteiger partial charge < -0.3 is 14.4 Å². The zero-order valence-corrected chi connectivity index (χ0v) is 18.4. The lowest BCUT2D eigenvalue weighted by Crippen LogP contribution is -2.38. The zero-order valence-electron chi connectivity index (χ0n) is 17.6. The van der Waals surface area contributed by atoms with Gasteiger partial charge in [-0.05, 0) is 44.5 Å². The molecule has 0 bridgehead atoms. The van der Waals surface area contributed by atoms with E-state index in [4.69, 9.17) is 21.1 Å². The van der Waals surface area contributed by atoms with Gasteiger partial charge in [0.15, 0.2) is 0 Å². The van der Waals surface area contributed by atoms with Crippen molar-refractivity contribution >= 4 is 23.5 Å². The number of amides is 1. The van der Waals surface area contributed by atoms with E-state index in [9.17, 15) is 9.59 Å². The highest BCUT2D eigenvalue weighted by atomic mass is 35.5. The van der Waals surface area contributed by atoms with Crippen LogP contribution in [0.1, 0.15) is 44.2 Å². The molecule has 0 N–H and O–H groups in total. The fraction of sp³-hybridized carbons (Fsp3) is 0.333. The van der Waals surface area contributed by atoms with E-state index in [1.54, 1.807) is 25.0 Å². The van der Waals surface area contributed by atoms with Gasteiger partial charge in [0.1, 0.15) is 5.75 Å². The molecule has 6 heteroatoms. The van der Waals surface area contributed by atoms with Crippen molar-refractivity contribution < 1.29 is 19.1 Å². The van der Waals surface area contributed by atoms with E-state index < -0.39 is 11.9 Å². The number of methoxy groups -OCH3 is 1. The Morgan fingerprint density at radius 1 is 1.20 bits per heavy atom. The predicted octanol–water partition coefficient (Wildman–Crippen LogP) is 5.09. The van der Waals surface area contributed by atoms with E-state index >= 15 is 0 Å². The third kappa shape index (κ3) is 4.68. The Morgan fingerprint density at radius 3 is 2.60 bits per heavy atom. The van der Waals surface area contributed by atoms with E-state index in [1.165, 1.54) is 0 Å². The molecule has 158 valence electrons. The Bertz CT molecular complexity index is 983. The van der Waals surface area contributed by atoms with E-state index in [1.807, 2.05) is 56.3 Å². The van der Waals surface area contributed by atoms with Crippen LogP contribution in [0, 0.1) is 0 Å². The molecule has 0 aromatic heterocycles. The second kappa shape index (κ2) is 9.35. The van der Waals surface area contributed by atoms with Gasteiger partial charge in [-0.1, -0.05) is 41.9 Å². The van der Waals surface area contributed by atoms with Gasteiger partial charge in [-0.3, -0.25) is 4.79 Å². The van der Waals surface area contributed by atoms with Crippen molar-refractivity contribution in [2.45, 2.75) is 45.8 Å². The first kappa shape index (κ1) is 21.9. The van der Waals surface area contributed by atoms with Crippen LogP contribution in [0.5, 0.6) is 5.75 Å². The first-order chi connectivity index (χ1) is 14.3. The second-order valence-corrected chi connectivity index (χ2v) is 8.00. The van der Waals surface area contributed by atoms with Crippen LogP contribution < -0.4 is 4.74 Å². The standard InChI is InChI=1S/C24H26ClNO4/c1-15(2)30-24(28)23-16(3)26(14-17-8-7-9-18(25)12-17)22(27)13-20(23)19-10-5-6-11-21(19)29-4/h5-12,15,20H,13-14H2,1-4H3. The molecule has 0 fully saturated rings. The zero-order chi connectivity index (χ0) is 21.8. The number of hydrogen-bond acceptors (Lipinski definition) is 4. The van der Waals surface area contributed by atoms with Crippen molar-refractivity contribution in [3.05, 3.63) is 76.0 Å². The van der Waals surface area contributed by atoms with Crippen molar-refractivity contribution in [1.29, 1.82) is 0 Å². The van der Waals surface area contributed by atoms with Gasteiger partial charge in [-0.15, -0.1) is 0 Å². The molecule has 0 saturated carbocycles. The summed E-state index contributed by atoms with van der Waals surface area (Å²) in [7, 11) is 1.58. The molecule has 1 atom stereocenters. The fourth-order valence-corrected chi connectivity index (χ4v) is 4.00. The number of halogens is 1. The second-order valence-electron chi connectivity index (χ2n) is 7.56. The number of esters is 1. The largest absolute Gasteiger partial charge is 0.496 e. The average molecular weight is 428 g/mol. The average Bonchev–Trinajstić information content (AvgIpc) is 2.70. The number of benzene rings is 2. The van der Waals surface area contributed by atoms with Crippen LogP contribution >= 0.6 is 11.6 Å². The lowest BCUT2D eigenvalue weighted by atomic mass is 9.83. The summed E-state index contributed by atoms with van der Waals surface area (Å²) in [5.74, 6) is -0.275. The minimum atomic E-state index is -0.435. The van der Waals surface area contributed by atoms with Gasteiger partial charge in [0.05, 0.1) is 25.3 Å². The van der Waals surface area contributed by atoms with Crippen LogP contribution in [0.4, 0.5) is 0 Å². The van der Waals surface area contributed by atoms with E-state index in [0.29, 0.717) is 28.6 Å². The van der Waals surface area contributed by atoms with E-state index in [0.717, 1.165) is 11.1 Å². The summed E-state index contributed by atoms with van der Waals surface area (Å²) in [4.78, 5) is 27.8. The first-order valence-electron chi connectivity index (χ1n) is 9.91. The van der Waals surface area contributed by atoms with Gasteiger partial charge in [0.2, 0.25) is 5.91 Å². The molecule has 0 saturated heterocycles. The molecule has 1 aliphatic rings. The molecule has 5 nitrogen and oxygen atoms in total. The van der Waals surface area contributed by atoms with Crippen molar-refractivity contribution in [2.24, 2.45) is 0 Å². The number of carbonyl (C=O) groups excluding carboxylic acids is 2. The molecule has 1 amide bonds. The van der Waals surface area contributed by atoms with Crippen molar-refractivity contribution in [2.75, 3.05) is 7.11 Å². The van der Waals surface area contributed by atoms with Crippen LogP contribution in [0.2, 0.25) is 5.02 Å². The number of rotatable bonds is 6. The van der Waals surface area contributed by atoms with Crippen LogP contribution in [0.25, 0.3) is 0 Å². The summed E-state index contributed by atoms with van der Waals surface area (Å²) in [6.07, 6.45) is -0.115. The highest BCUT2D eigenvalue weighted by Gasteiger charge is 2.38. The molecule has 0 spiro atoms. The lowest BCUT2D eigenvalue weighted by molar-refractivity contribution is -0.143. The fourth-order valence-electron chi connectivity index (χ4n) is 3.78. The third-order valence-electron chi connectivity index (χ3n) is 5.13. The Kier molecular flexibility index (Phi) is 6.83. The van der Waals surface area contributed by atoms with Crippen molar-refractivity contribution in [1.82, 2.24) is 4.90 Å². The lowest BCUT2D eigenvalue weighted by Gasteiger charge is -2.35. The number of hydrogen-bond donors (Lipinski definition) is 0. The molecule has 30 heavy (non-hydrogen) atoms. The van der Waals surface area contributed by atoms with Crippen LogP contribution in [-0.2, 0) is 20.9 Å². The smallest absolute Gasteiger partial charge is 0.336 e. The maximum absolute atomic E-state index is 13.1. The molecule has 3 rings (SSSR count). The summed E-state index contributed by atoms with van der Waals surface area (Å²) in [5, 5.41) is 0.602. The Morgan fingerprint density at radius 2 is 1.93 bits per heavy atom. The SMILES string of the molecule is COc1ccccc1C1CC(=O)N(Cc2cccc(Cl)c2)C(C)=C1C(=O)OC(C)C. The molecule has 2 aromatic rings.